The van der Waals surface area contributed by atoms with E-state index in [9.17, 15) is 19.5 Å². The molecule has 0 aromatic carbocycles. The van der Waals surface area contributed by atoms with Gasteiger partial charge in [-0.2, -0.15) is 4.52 Å². The number of rotatable bonds is 3. The molecule has 1 aliphatic carbocycles. The first-order chi connectivity index (χ1) is 13.1. The highest BCUT2D eigenvalue weighted by molar-refractivity contribution is 5.97. The molecule has 0 saturated heterocycles. The van der Waals surface area contributed by atoms with Gasteiger partial charge in [0.1, 0.15) is 5.65 Å². The van der Waals surface area contributed by atoms with E-state index in [1.54, 1.807) is 11.6 Å². The number of anilines is 1. The largest absolute Gasteiger partial charge is 0.494 e. The summed E-state index contributed by atoms with van der Waals surface area (Å²) in [6.45, 7) is 6.55. The van der Waals surface area contributed by atoms with Crippen molar-refractivity contribution in [1.82, 2.24) is 24.4 Å². The summed E-state index contributed by atoms with van der Waals surface area (Å²) in [5, 5.41) is 20.6. The maximum Gasteiger partial charge on any atom is 0.323 e. The van der Waals surface area contributed by atoms with Crippen LogP contribution in [0.4, 0.5) is 10.6 Å². The molecule has 3 amide bonds. The van der Waals surface area contributed by atoms with E-state index in [1.165, 1.54) is 4.90 Å². The molecule has 0 unspecified atom stereocenters. The summed E-state index contributed by atoms with van der Waals surface area (Å²) in [5.41, 5.74) is -0.293. The van der Waals surface area contributed by atoms with E-state index in [-0.39, 0.29) is 41.3 Å². The fourth-order valence-corrected chi connectivity index (χ4v) is 3.36. The van der Waals surface area contributed by atoms with Gasteiger partial charge in [-0.15, -0.1) is 5.10 Å². The quantitative estimate of drug-likeness (QED) is 0.727. The van der Waals surface area contributed by atoms with Gasteiger partial charge in [0, 0.05) is 19.6 Å². The summed E-state index contributed by atoms with van der Waals surface area (Å²) in [5.74, 6) is -0.723. The Labute approximate surface area is 161 Å². The molecule has 0 atom stereocenters. The lowest BCUT2D eigenvalue weighted by atomic mass is 9.96. The molecule has 2 aromatic heterocycles. The number of fused-ring (bicyclic) bond motifs is 3. The molecule has 4 rings (SSSR count). The molecule has 1 aliphatic heterocycles. The number of aromatic hydroxyl groups is 1. The number of urea groups is 1. The van der Waals surface area contributed by atoms with E-state index >= 15 is 0 Å². The molecule has 10 heteroatoms. The van der Waals surface area contributed by atoms with Crippen molar-refractivity contribution in [2.24, 2.45) is 5.41 Å². The second kappa shape index (κ2) is 5.98. The number of amides is 3. The Kier molecular flexibility index (Phi) is 3.91. The summed E-state index contributed by atoms with van der Waals surface area (Å²) in [4.78, 5) is 39.1. The van der Waals surface area contributed by atoms with Gasteiger partial charge in [-0.05, 0) is 18.3 Å². The van der Waals surface area contributed by atoms with Crippen LogP contribution in [0.15, 0.2) is 4.79 Å². The normalized spacial score (nSPS) is 16.9. The lowest BCUT2D eigenvalue weighted by Crippen LogP contribution is -2.36. The van der Waals surface area contributed by atoms with Gasteiger partial charge in [0.25, 0.3) is 11.5 Å². The first-order valence-corrected chi connectivity index (χ1v) is 9.27. The van der Waals surface area contributed by atoms with Crippen molar-refractivity contribution in [3.8, 4) is 5.88 Å². The topological polar surface area (TPSA) is 121 Å². The first-order valence-electron chi connectivity index (χ1n) is 9.27. The second-order valence-corrected chi connectivity index (χ2v) is 8.75. The molecule has 0 radical (unpaired) electrons. The number of nitrogens with zero attached hydrogens (tertiary/aromatic N) is 4. The standard InChI is InChI=1S/C18H24N6O4/c1-18(2,3)8-23-14-10-7-22(4)17(28)20-12(10)21-24(14)16(27)11(15(23)26)13(25)19-9-5-6-9/h9,26H,5-8H2,1-4H3,(H,19,25)(H,20,21,28). The predicted octanol–water partition coefficient (Wildman–Crippen LogP) is 1.12. The molecule has 28 heavy (non-hydrogen) atoms. The summed E-state index contributed by atoms with van der Waals surface area (Å²) < 4.78 is 2.65. The highest BCUT2D eigenvalue weighted by atomic mass is 16.3. The predicted molar refractivity (Wildman–Crippen MR) is 102 cm³/mol. The van der Waals surface area contributed by atoms with E-state index < -0.39 is 11.5 Å². The van der Waals surface area contributed by atoms with E-state index in [0.29, 0.717) is 17.8 Å². The van der Waals surface area contributed by atoms with Crippen LogP contribution in [0, 0.1) is 5.41 Å². The minimum absolute atomic E-state index is 0.0387. The van der Waals surface area contributed by atoms with Crippen molar-refractivity contribution < 1.29 is 14.7 Å². The van der Waals surface area contributed by atoms with Gasteiger partial charge in [0.05, 0.1) is 12.1 Å². The fourth-order valence-electron chi connectivity index (χ4n) is 3.36. The Bertz CT molecular complexity index is 1060. The van der Waals surface area contributed by atoms with Crippen LogP contribution in [-0.2, 0) is 13.1 Å². The van der Waals surface area contributed by atoms with Crippen LogP contribution in [0.25, 0.3) is 5.65 Å². The maximum atomic E-state index is 13.0. The van der Waals surface area contributed by atoms with Crippen LogP contribution < -0.4 is 16.2 Å². The summed E-state index contributed by atoms with van der Waals surface area (Å²) in [6, 6.07) is -0.293. The minimum atomic E-state index is -0.706. The Morgan fingerprint density at radius 2 is 2.00 bits per heavy atom. The number of nitrogens with one attached hydrogen (secondary N) is 2. The summed E-state index contributed by atoms with van der Waals surface area (Å²) in [7, 11) is 1.63. The fraction of sp³-hybridized carbons (Fsp3) is 0.556. The first kappa shape index (κ1) is 18.3. The van der Waals surface area contributed by atoms with Gasteiger partial charge in [-0.1, -0.05) is 20.8 Å². The average Bonchev–Trinajstić information content (AvgIpc) is 3.31. The Morgan fingerprint density at radius 3 is 2.61 bits per heavy atom. The highest BCUT2D eigenvalue weighted by Crippen LogP contribution is 2.31. The van der Waals surface area contributed by atoms with Crippen LogP contribution in [0.2, 0.25) is 0 Å². The molecule has 3 N–H and O–H groups in total. The molecule has 0 spiro atoms. The minimum Gasteiger partial charge on any atom is -0.494 e. The summed E-state index contributed by atoms with van der Waals surface area (Å²) in [6.07, 6.45) is 1.72. The molecule has 3 heterocycles. The highest BCUT2D eigenvalue weighted by Gasteiger charge is 2.33. The molecule has 2 aliphatic rings. The molecule has 1 fully saturated rings. The molecule has 10 nitrogen and oxygen atoms in total. The van der Waals surface area contributed by atoms with Crippen LogP contribution in [0.1, 0.15) is 49.5 Å². The monoisotopic (exact) mass is 388 g/mol. The van der Waals surface area contributed by atoms with Crippen molar-refractivity contribution >= 4 is 23.4 Å². The molecule has 0 bridgehead atoms. The molecule has 2 aromatic rings. The van der Waals surface area contributed by atoms with Gasteiger partial charge in [0.15, 0.2) is 11.4 Å². The Morgan fingerprint density at radius 1 is 1.32 bits per heavy atom. The molecule has 150 valence electrons. The molecular formula is C18H24N6O4. The zero-order valence-electron chi connectivity index (χ0n) is 16.4. The summed E-state index contributed by atoms with van der Waals surface area (Å²) >= 11 is 0. The number of carbonyl (C=O) groups is 2. The number of hydrogen-bond acceptors (Lipinski definition) is 5. The van der Waals surface area contributed by atoms with Gasteiger partial charge < -0.3 is 15.3 Å². The van der Waals surface area contributed by atoms with Gasteiger partial charge in [0.2, 0.25) is 5.88 Å². The van der Waals surface area contributed by atoms with E-state index in [2.05, 4.69) is 15.7 Å². The van der Waals surface area contributed by atoms with Crippen molar-refractivity contribution in [3.05, 3.63) is 21.5 Å². The van der Waals surface area contributed by atoms with Crippen LogP contribution >= 0.6 is 0 Å². The van der Waals surface area contributed by atoms with E-state index in [1.807, 2.05) is 20.8 Å². The number of aromatic nitrogens is 3. The van der Waals surface area contributed by atoms with Crippen molar-refractivity contribution in [3.63, 3.8) is 0 Å². The van der Waals surface area contributed by atoms with Gasteiger partial charge in [-0.3, -0.25) is 19.5 Å². The van der Waals surface area contributed by atoms with Gasteiger partial charge >= 0.3 is 6.03 Å². The lowest BCUT2D eigenvalue weighted by molar-refractivity contribution is 0.0944. The zero-order chi connectivity index (χ0) is 20.4. The van der Waals surface area contributed by atoms with E-state index in [4.69, 9.17) is 0 Å². The van der Waals surface area contributed by atoms with Crippen LogP contribution in [0.5, 0.6) is 5.88 Å². The average molecular weight is 388 g/mol. The third-order valence-electron chi connectivity index (χ3n) is 4.84. The smallest absolute Gasteiger partial charge is 0.323 e. The Hall–Kier alpha value is -3.04. The lowest BCUT2D eigenvalue weighted by Gasteiger charge is -2.25. The van der Waals surface area contributed by atoms with Gasteiger partial charge in [-0.25, -0.2) is 4.79 Å². The van der Waals surface area contributed by atoms with Crippen LogP contribution in [-0.4, -0.2) is 49.2 Å². The SMILES string of the molecule is CN1Cc2c(nn3c(=O)c(C(=O)NC4CC4)c(O)n(CC(C)(C)C)c23)NC1=O. The molecule has 1 saturated carbocycles. The number of carbonyl (C=O) groups excluding carboxylic acids is 2. The van der Waals surface area contributed by atoms with Crippen molar-refractivity contribution in [2.75, 3.05) is 12.4 Å². The van der Waals surface area contributed by atoms with Crippen molar-refractivity contribution in [1.29, 1.82) is 0 Å². The zero-order valence-corrected chi connectivity index (χ0v) is 16.4. The third-order valence-corrected chi connectivity index (χ3v) is 4.84. The maximum absolute atomic E-state index is 13.0. The second-order valence-electron chi connectivity index (χ2n) is 8.75. The van der Waals surface area contributed by atoms with Crippen LogP contribution in [0.3, 0.4) is 0 Å². The number of hydrogen-bond donors (Lipinski definition) is 3. The third kappa shape index (κ3) is 2.98. The van der Waals surface area contributed by atoms with E-state index in [0.717, 1.165) is 17.4 Å². The molecular weight excluding hydrogens is 364 g/mol. The Balaban J connectivity index is 1.99. The van der Waals surface area contributed by atoms with Crippen molar-refractivity contribution in [2.45, 2.75) is 52.7 Å².